The SMILES string of the molecule is NS(=O)(=O)NCc1ccc(I)cc1. The smallest absolute Gasteiger partial charge is 0.216 e. The first-order valence-corrected chi connectivity index (χ1v) is 6.12. The summed E-state index contributed by atoms with van der Waals surface area (Å²) in [6.45, 7) is 0.232. The van der Waals surface area contributed by atoms with E-state index in [9.17, 15) is 8.42 Å². The first-order chi connectivity index (χ1) is 5.97. The Labute approximate surface area is 90.8 Å². The lowest BCUT2D eigenvalue weighted by molar-refractivity contribution is 0.583. The second-order valence-corrected chi connectivity index (χ2v) is 5.12. The molecule has 4 nitrogen and oxygen atoms in total. The quantitative estimate of drug-likeness (QED) is 0.802. The Morgan fingerprint density at radius 1 is 1.31 bits per heavy atom. The molecule has 0 unspecified atom stereocenters. The fraction of sp³-hybridized carbons (Fsp3) is 0.143. The van der Waals surface area contributed by atoms with Crippen molar-refractivity contribution in [2.45, 2.75) is 6.54 Å². The van der Waals surface area contributed by atoms with Gasteiger partial charge in [0.05, 0.1) is 0 Å². The minimum atomic E-state index is -3.58. The highest BCUT2D eigenvalue weighted by Gasteiger charge is 2.00. The lowest BCUT2D eigenvalue weighted by Gasteiger charge is -2.01. The zero-order valence-electron chi connectivity index (χ0n) is 6.70. The van der Waals surface area contributed by atoms with Crippen molar-refractivity contribution in [3.63, 3.8) is 0 Å². The summed E-state index contributed by atoms with van der Waals surface area (Å²) in [6.07, 6.45) is 0. The fourth-order valence-electron chi connectivity index (χ4n) is 0.786. The molecule has 0 aliphatic rings. The van der Waals surface area contributed by atoms with Crippen LogP contribution in [0.25, 0.3) is 0 Å². The third kappa shape index (κ3) is 4.55. The summed E-state index contributed by atoms with van der Waals surface area (Å²) in [5, 5.41) is 4.77. The standard InChI is InChI=1S/C7H9IN2O2S/c8-7-3-1-6(2-4-7)5-10-13(9,11)12/h1-4,10H,5H2,(H2,9,11,12). The molecule has 0 saturated heterocycles. The molecule has 1 rings (SSSR count). The average molecular weight is 312 g/mol. The normalized spacial score (nSPS) is 11.5. The molecule has 0 atom stereocenters. The van der Waals surface area contributed by atoms with Crippen molar-refractivity contribution in [1.82, 2.24) is 4.72 Å². The number of halogens is 1. The molecule has 13 heavy (non-hydrogen) atoms. The molecule has 0 amide bonds. The Kier molecular flexibility index (Phi) is 3.65. The van der Waals surface area contributed by atoms with Crippen molar-refractivity contribution in [2.75, 3.05) is 0 Å². The third-order valence-corrected chi connectivity index (χ3v) is 2.66. The molecular formula is C7H9IN2O2S. The Bertz CT molecular complexity index is 374. The predicted octanol–water partition coefficient (Wildman–Crippen LogP) is 0.584. The maximum absolute atomic E-state index is 10.5. The Morgan fingerprint density at radius 3 is 2.31 bits per heavy atom. The van der Waals surface area contributed by atoms with E-state index in [-0.39, 0.29) is 6.54 Å². The van der Waals surface area contributed by atoms with Crippen LogP contribution >= 0.6 is 22.6 Å². The van der Waals surface area contributed by atoms with Crippen molar-refractivity contribution in [3.8, 4) is 0 Å². The van der Waals surface area contributed by atoms with Crippen LogP contribution in [0.1, 0.15) is 5.56 Å². The number of nitrogens with two attached hydrogens (primary N) is 1. The average Bonchev–Trinajstić information content (AvgIpc) is 2.02. The monoisotopic (exact) mass is 312 g/mol. The Morgan fingerprint density at radius 2 is 1.85 bits per heavy atom. The van der Waals surface area contributed by atoms with E-state index in [1.807, 2.05) is 24.3 Å². The predicted molar refractivity (Wildman–Crippen MR) is 59.1 cm³/mol. The molecule has 1 aromatic rings. The van der Waals surface area contributed by atoms with E-state index in [1.54, 1.807) is 0 Å². The molecule has 0 aliphatic heterocycles. The highest BCUT2D eigenvalue weighted by atomic mass is 127. The Hall–Kier alpha value is -0.180. The summed E-state index contributed by atoms with van der Waals surface area (Å²) in [5.41, 5.74) is 0.884. The van der Waals surface area contributed by atoms with E-state index >= 15 is 0 Å². The molecule has 0 saturated carbocycles. The van der Waals surface area contributed by atoms with Crippen LogP contribution in [0.3, 0.4) is 0 Å². The van der Waals surface area contributed by atoms with Gasteiger partial charge in [-0.05, 0) is 40.3 Å². The Balaban J connectivity index is 2.61. The molecule has 6 heteroatoms. The molecule has 0 radical (unpaired) electrons. The van der Waals surface area contributed by atoms with Crippen molar-refractivity contribution < 1.29 is 8.42 Å². The summed E-state index contributed by atoms with van der Waals surface area (Å²) in [7, 11) is -3.58. The summed E-state index contributed by atoms with van der Waals surface area (Å²) in [4.78, 5) is 0. The summed E-state index contributed by atoms with van der Waals surface area (Å²) < 4.78 is 24.4. The van der Waals surface area contributed by atoms with Crippen molar-refractivity contribution in [3.05, 3.63) is 33.4 Å². The van der Waals surface area contributed by atoms with E-state index in [2.05, 4.69) is 27.3 Å². The lowest BCUT2D eigenvalue weighted by Crippen LogP contribution is -2.30. The van der Waals surface area contributed by atoms with E-state index in [1.165, 1.54) is 0 Å². The second-order valence-electron chi connectivity index (χ2n) is 2.49. The number of rotatable bonds is 3. The van der Waals surface area contributed by atoms with Crippen LogP contribution in [0.15, 0.2) is 24.3 Å². The number of hydrogen-bond donors (Lipinski definition) is 2. The maximum Gasteiger partial charge on any atom is 0.274 e. The third-order valence-electron chi connectivity index (χ3n) is 1.39. The molecule has 0 aliphatic carbocycles. The van der Waals surface area contributed by atoms with Crippen LogP contribution in [-0.2, 0) is 16.8 Å². The fourth-order valence-corrected chi connectivity index (χ4v) is 1.51. The van der Waals surface area contributed by atoms with Crippen molar-refractivity contribution in [2.24, 2.45) is 5.14 Å². The summed E-state index contributed by atoms with van der Waals surface area (Å²) >= 11 is 2.18. The molecule has 3 N–H and O–H groups in total. The zero-order chi connectivity index (χ0) is 9.90. The molecule has 72 valence electrons. The molecule has 0 bridgehead atoms. The molecule has 0 aromatic heterocycles. The van der Waals surface area contributed by atoms with Gasteiger partial charge in [-0.15, -0.1) is 0 Å². The van der Waals surface area contributed by atoms with Crippen LogP contribution in [-0.4, -0.2) is 8.42 Å². The second kappa shape index (κ2) is 4.36. The van der Waals surface area contributed by atoms with Gasteiger partial charge in [-0.25, -0.2) is 5.14 Å². The van der Waals surface area contributed by atoms with Gasteiger partial charge < -0.3 is 0 Å². The van der Waals surface area contributed by atoms with Gasteiger partial charge in [0.15, 0.2) is 0 Å². The van der Waals surface area contributed by atoms with Crippen LogP contribution in [0.2, 0.25) is 0 Å². The van der Waals surface area contributed by atoms with E-state index < -0.39 is 10.2 Å². The summed E-state index contributed by atoms with van der Waals surface area (Å²) in [6, 6.07) is 7.50. The molecule has 0 heterocycles. The minimum absolute atomic E-state index is 0.232. The molecule has 0 spiro atoms. The molecular weight excluding hydrogens is 303 g/mol. The van der Waals surface area contributed by atoms with Gasteiger partial charge in [-0.3, -0.25) is 0 Å². The summed E-state index contributed by atoms with van der Waals surface area (Å²) in [5.74, 6) is 0. The van der Waals surface area contributed by atoms with E-state index in [0.717, 1.165) is 9.13 Å². The van der Waals surface area contributed by atoms with Gasteiger partial charge in [-0.2, -0.15) is 13.1 Å². The van der Waals surface area contributed by atoms with Crippen LogP contribution in [0.5, 0.6) is 0 Å². The van der Waals surface area contributed by atoms with Crippen molar-refractivity contribution >= 4 is 32.8 Å². The van der Waals surface area contributed by atoms with E-state index in [4.69, 9.17) is 5.14 Å². The highest BCUT2D eigenvalue weighted by Crippen LogP contribution is 2.06. The number of nitrogens with one attached hydrogen (secondary N) is 1. The van der Waals surface area contributed by atoms with Gasteiger partial charge in [0.2, 0.25) is 0 Å². The number of benzene rings is 1. The topological polar surface area (TPSA) is 72.2 Å². The van der Waals surface area contributed by atoms with Gasteiger partial charge in [0.25, 0.3) is 10.2 Å². The molecule has 1 aromatic carbocycles. The van der Waals surface area contributed by atoms with Crippen LogP contribution < -0.4 is 9.86 Å². The molecule has 0 fully saturated rings. The van der Waals surface area contributed by atoms with E-state index in [0.29, 0.717) is 0 Å². The number of hydrogen-bond acceptors (Lipinski definition) is 2. The van der Waals surface area contributed by atoms with Crippen LogP contribution in [0.4, 0.5) is 0 Å². The largest absolute Gasteiger partial charge is 0.274 e. The minimum Gasteiger partial charge on any atom is -0.216 e. The van der Waals surface area contributed by atoms with Gasteiger partial charge in [0, 0.05) is 10.1 Å². The first kappa shape index (κ1) is 10.9. The maximum atomic E-state index is 10.5. The van der Waals surface area contributed by atoms with Crippen LogP contribution in [0, 0.1) is 3.57 Å². The lowest BCUT2D eigenvalue weighted by atomic mass is 10.2. The first-order valence-electron chi connectivity index (χ1n) is 3.49. The van der Waals surface area contributed by atoms with Gasteiger partial charge in [-0.1, -0.05) is 12.1 Å². The zero-order valence-corrected chi connectivity index (χ0v) is 9.67. The van der Waals surface area contributed by atoms with Gasteiger partial charge >= 0.3 is 0 Å². The van der Waals surface area contributed by atoms with Crippen molar-refractivity contribution in [1.29, 1.82) is 0 Å². The highest BCUT2D eigenvalue weighted by molar-refractivity contribution is 14.1. The van der Waals surface area contributed by atoms with Gasteiger partial charge in [0.1, 0.15) is 0 Å².